The molecule has 0 saturated carbocycles. The Kier molecular flexibility index (Phi) is 5.31. The first-order valence-corrected chi connectivity index (χ1v) is 8.95. The fourth-order valence-corrected chi connectivity index (χ4v) is 3.64. The maximum atomic E-state index is 11.7. The van der Waals surface area contributed by atoms with Crippen molar-refractivity contribution in [3.8, 4) is 0 Å². The van der Waals surface area contributed by atoms with Crippen LogP contribution in [0.3, 0.4) is 0 Å². The van der Waals surface area contributed by atoms with Crippen LogP contribution < -0.4 is 0 Å². The molecular weight excluding hydrogens is 368 g/mol. The maximum absolute atomic E-state index is 11.7. The van der Waals surface area contributed by atoms with Gasteiger partial charge in [-0.05, 0) is 36.8 Å². The van der Waals surface area contributed by atoms with E-state index in [0.717, 1.165) is 40.9 Å². The zero-order chi connectivity index (χ0) is 17.1. The average molecular weight is 389 g/mol. The fourth-order valence-electron chi connectivity index (χ4n) is 3.38. The summed E-state index contributed by atoms with van der Waals surface area (Å²) in [4.78, 5) is 18.4. The van der Waals surface area contributed by atoms with E-state index in [2.05, 4.69) is 25.8 Å². The van der Waals surface area contributed by atoms with Crippen molar-refractivity contribution in [2.75, 3.05) is 19.6 Å². The van der Waals surface area contributed by atoms with Gasteiger partial charge in [0.15, 0.2) is 0 Å². The Labute approximate surface area is 150 Å². The number of hydrogen-bond donors (Lipinski definition) is 1. The topological polar surface area (TPSA) is 53.4 Å². The fraction of sp³-hybridized carbons (Fsp3) is 0.368. The van der Waals surface area contributed by atoms with Crippen LogP contribution in [0.1, 0.15) is 22.9 Å². The van der Waals surface area contributed by atoms with Gasteiger partial charge in [-0.3, -0.25) is 9.78 Å². The number of pyridine rings is 1. The molecule has 0 aliphatic carbocycles. The second kappa shape index (κ2) is 7.45. The normalized spacial score (nSPS) is 21.1. The van der Waals surface area contributed by atoms with E-state index in [0.29, 0.717) is 6.54 Å². The Hall–Kier alpha value is -1.72. The smallest absolute Gasteiger partial charge is 0.308 e. The van der Waals surface area contributed by atoms with Gasteiger partial charge in [0, 0.05) is 47.8 Å². The summed E-state index contributed by atoms with van der Waals surface area (Å²) in [7, 11) is 0. The van der Waals surface area contributed by atoms with E-state index in [1.165, 1.54) is 0 Å². The summed E-state index contributed by atoms with van der Waals surface area (Å²) in [6, 6.07) is 14.0. The van der Waals surface area contributed by atoms with Crippen molar-refractivity contribution in [3.05, 3.63) is 63.9 Å². The molecule has 24 heavy (non-hydrogen) atoms. The number of aryl methyl sites for hydroxylation is 1. The van der Waals surface area contributed by atoms with Crippen molar-refractivity contribution >= 4 is 21.9 Å². The van der Waals surface area contributed by atoms with Gasteiger partial charge in [-0.15, -0.1) is 0 Å². The highest BCUT2D eigenvalue weighted by Crippen LogP contribution is 2.33. The first-order valence-electron chi connectivity index (χ1n) is 8.16. The van der Waals surface area contributed by atoms with Crippen LogP contribution in [-0.4, -0.2) is 40.6 Å². The lowest BCUT2D eigenvalue weighted by molar-refractivity contribution is -0.141. The molecular formula is C19H21BrN2O2. The number of aliphatic carboxylic acids is 1. The highest BCUT2D eigenvalue weighted by molar-refractivity contribution is 9.10. The molecule has 3 rings (SSSR count). The second-order valence-electron chi connectivity index (χ2n) is 6.38. The van der Waals surface area contributed by atoms with Crippen LogP contribution in [0.4, 0.5) is 0 Å². The number of likely N-dealkylation sites (tertiary alicyclic amines) is 1. The molecule has 1 fully saturated rings. The third-order valence-corrected chi connectivity index (χ3v) is 5.17. The summed E-state index contributed by atoms with van der Waals surface area (Å²) in [6.07, 6.45) is 0.848. The van der Waals surface area contributed by atoms with E-state index in [9.17, 15) is 9.90 Å². The molecule has 126 valence electrons. The molecule has 0 bridgehead atoms. The lowest BCUT2D eigenvalue weighted by Gasteiger charge is -2.16. The molecule has 1 aliphatic heterocycles. The second-order valence-corrected chi connectivity index (χ2v) is 7.30. The predicted octanol–water partition coefficient (Wildman–Crippen LogP) is 3.50. The molecule has 2 heterocycles. The summed E-state index contributed by atoms with van der Waals surface area (Å²) < 4.78 is 1.01. The van der Waals surface area contributed by atoms with Gasteiger partial charge in [0.25, 0.3) is 0 Å². The molecule has 2 aromatic rings. The number of carboxylic acids is 1. The van der Waals surface area contributed by atoms with Crippen molar-refractivity contribution in [1.29, 1.82) is 0 Å². The molecule has 0 spiro atoms. The van der Waals surface area contributed by atoms with Crippen LogP contribution in [-0.2, 0) is 11.2 Å². The van der Waals surface area contributed by atoms with Crippen LogP contribution >= 0.6 is 15.9 Å². The van der Waals surface area contributed by atoms with Crippen molar-refractivity contribution in [2.45, 2.75) is 19.3 Å². The van der Waals surface area contributed by atoms with Crippen LogP contribution in [0, 0.1) is 12.8 Å². The minimum atomic E-state index is -0.709. The van der Waals surface area contributed by atoms with Crippen LogP contribution in [0.5, 0.6) is 0 Å². The Morgan fingerprint density at radius 1 is 1.25 bits per heavy atom. The van der Waals surface area contributed by atoms with Crippen molar-refractivity contribution in [3.63, 3.8) is 0 Å². The molecule has 0 amide bonds. The van der Waals surface area contributed by atoms with Crippen LogP contribution in [0.25, 0.3) is 0 Å². The number of rotatable bonds is 5. The standard InChI is InChI=1S/C19H21BrN2O2/c1-13-3-2-4-16(21-13)9-10-22-11-17(18(12-22)19(23)24)14-5-7-15(20)8-6-14/h2-8,17-18H,9-12H2,1H3,(H,23,24)/t17-,18+/m0/s1. The van der Waals surface area contributed by atoms with Gasteiger partial charge in [0.1, 0.15) is 0 Å². The molecule has 1 N–H and O–H groups in total. The number of halogens is 1. The van der Waals surface area contributed by atoms with Crippen molar-refractivity contribution < 1.29 is 9.90 Å². The highest BCUT2D eigenvalue weighted by atomic mass is 79.9. The zero-order valence-electron chi connectivity index (χ0n) is 13.7. The van der Waals surface area contributed by atoms with Gasteiger partial charge in [-0.25, -0.2) is 0 Å². The quantitative estimate of drug-likeness (QED) is 0.851. The lowest BCUT2D eigenvalue weighted by atomic mass is 9.89. The number of carbonyl (C=O) groups is 1. The number of aromatic nitrogens is 1. The van der Waals surface area contributed by atoms with E-state index < -0.39 is 5.97 Å². The monoisotopic (exact) mass is 388 g/mol. The van der Waals surface area contributed by atoms with Crippen molar-refractivity contribution in [1.82, 2.24) is 9.88 Å². The molecule has 0 radical (unpaired) electrons. The predicted molar refractivity (Wildman–Crippen MR) is 97.1 cm³/mol. The highest BCUT2D eigenvalue weighted by Gasteiger charge is 2.38. The lowest BCUT2D eigenvalue weighted by Crippen LogP contribution is -2.25. The molecule has 0 unspecified atom stereocenters. The Balaban J connectivity index is 1.68. The summed E-state index contributed by atoms with van der Waals surface area (Å²) in [6.45, 7) is 4.21. The SMILES string of the molecule is Cc1cccc(CCN2C[C@@H](C(=O)O)[C@H](c3ccc(Br)cc3)C2)n1. The molecule has 1 aromatic carbocycles. The van der Waals surface area contributed by atoms with E-state index in [1.807, 2.05) is 49.4 Å². The maximum Gasteiger partial charge on any atom is 0.308 e. The first-order chi connectivity index (χ1) is 11.5. The minimum Gasteiger partial charge on any atom is -0.481 e. The van der Waals surface area contributed by atoms with Gasteiger partial charge in [0.05, 0.1) is 5.92 Å². The van der Waals surface area contributed by atoms with Gasteiger partial charge in [-0.2, -0.15) is 0 Å². The summed E-state index contributed by atoms with van der Waals surface area (Å²) in [5.41, 5.74) is 3.18. The van der Waals surface area contributed by atoms with Crippen molar-refractivity contribution in [2.24, 2.45) is 5.92 Å². The van der Waals surface area contributed by atoms with E-state index >= 15 is 0 Å². The number of nitrogens with zero attached hydrogens (tertiary/aromatic N) is 2. The van der Waals surface area contributed by atoms with Crippen LogP contribution in [0.2, 0.25) is 0 Å². The third-order valence-electron chi connectivity index (χ3n) is 4.64. The van der Waals surface area contributed by atoms with E-state index in [4.69, 9.17) is 0 Å². The van der Waals surface area contributed by atoms with Gasteiger partial charge in [0.2, 0.25) is 0 Å². The molecule has 1 aliphatic rings. The molecule has 1 aromatic heterocycles. The average Bonchev–Trinajstić information content (AvgIpc) is 2.98. The van der Waals surface area contributed by atoms with Crippen LogP contribution in [0.15, 0.2) is 46.9 Å². The largest absolute Gasteiger partial charge is 0.481 e. The van der Waals surface area contributed by atoms with Gasteiger partial charge in [-0.1, -0.05) is 34.1 Å². The summed E-state index contributed by atoms with van der Waals surface area (Å²) >= 11 is 3.43. The van der Waals surface area contributed by atoms with Gasteiger partial charge < -0.3 is 10.0 Å². The van der Waals surface area contributed by atoms with E-state index in [-0.39, 0.29) is 11.8 Å². The molecule has 2 atom stereocenters. The molecule has 4 nitrogen and oxygen atoms in total. The Bertz CT molecular complexity index is 718. The summed E-state index contributed by atoms with van der Waals surface area (Å²) in [5, 5.41) is 9.59. The Morgan fingerprint density at radius 2 is 2.00 bits per heavy atom. The minimum absolute atomic E-state index is 0.0427. The van der Waals surface area contributed by atoms with Gasteiger partial charge >= 0.3 is 5.97 Å². The molecule has 5 heteroatoms. The third kappa shape index (κ3) is 4.02. The molecule has 1 saturated heterocycles. The Morgan fingerprint density at radius 3 is 2.67 bits per heavy atom. The number of benzene rings is 1. The number of hydrogen-bond acceptors (Lipinski definition) is 3. The number of carboxylic acid groups (broad SMARTS) is 1. The first kappa shape index (κ1) is 17.1. The summed E-state index contributed by atoms with van der Waals surface area (Å²) in [5.74, 6) is -1.02. The van der Waals surface area contributed by atoms with E-state index in [1.54, 1.807) is 0 Å². The zero-order valence-corrected chi connectivity index (χ0v) is 15.2.